The van der Waals surface area contributed by atoms with Crippen molar-refractivity contribution in [2.45, 2.75) is 6.54 Å². The molecule has 19 heavy (non-hydrogen) atoms. The first-order chi connectivity index (χ1) is 9.24. The second-order valence-electron chi connectivity index (χ2n) is 4.27. The molecule has 0 fully saturated rings. The van der Waals surface area contributed by atoms with Gasteiger partial charge in [-0.2, -0.15) is 0 Å². The molecular formula is C15H11ClN2O. The molecule has 1 aromatic carbocycles. The highest BCUT2D eigenvalue weighted by atomic mass is 35.5. The molecule has 0 amide bonds. The van der Waals surface area contributed by atoms with Gasteiger partial charge in [-0.15, -0.1) is 0 Å². The summed E-state index contributed by atoms with van der Waals surface area (Å²) in [6.45, 7) is 0.417. The van der Waals surface area contributed by atoms with Crippen LogP contribution in [0.1, 0.15) is 5.69 Å². The number of halogens is 1. The monoisotopic (exact) mass is 270 g/mol. The van der Waals surface area contributed by atoms with Crippen molar-refractivity contribution in [3.05, 3.63) is 75.8 Å². The van der Waals surface area contributed by atoms with Crippen LogP contribution >= 0.6 is 11.6 Å². The molecule has 3 rings (SSSR count). The van der Waals surface area contributed by atoms with E-state index in [0.29, 0.717) is 11.7 Å². The fraction of sp³-hybridized carbons (Fsp3) is 0.0667. The number of rotatable bonds is 2. The Morgan fingerprint density at radius 3 is 2.68 bits per heavy atom. The lowest BCUT2D eigenvalue weighted by Crippen LogP contribution is -2.20. The van der Waals surface area contributed by atoms with Crippen molar-refractivity contribution >= 4 is 22.5 Å². The van der Waals surface area contributed by atoms with Crippen molar-refractivity contribution in [2.75, 3.05) is 0 Å². The lowest BCUT2D eigenvalue weighted by molar-refractivity contribution is 0.771. The van der Waals surface area contributed by atoms with Crippen molar-refractivity contribution in [1.82, 2.24) is 9.55 Å². The Bertz CT molecular complexity index is 795. The lowest BCUT2D eigenvalue weighted by atomic mass is 10.2. The average molecular weight is 271 g/mol. The minimum atomic E-state index is -0.0412. The molecule has 4 heteroatoms. The van der Waals surface area contributed by atoms with Crippen LogP contribution in [0.15, 0.2) is 59.4 Å². The van der Waals surface area contributed by atoms with Crippen LogP contribution in [0, 0.1) is 0 Å². The van der Waals surface area contributed by atoms with E-state index in [1.54, 1.807) is 16.7 Å². The molecule has 0 bridgehead atoms. The number of pyridine rings is 2. The van der Waals surface area contributed by atoms with Gasteiger partial charge in [0, 0.05) is 6.07 Å². The van der Waals surface area contributed by atoms with Crippen LogP contribution in [0.4, 0.5) is 0 Å². The summed E-state index contributed by atoms with van der Waals surface area (Å²) in [6.07, 6.45) is 0. The number of nitrogens with zero attached hydrogens (tertiary/aromatic N) is 2. The number of hydrogen-bond acceptors (Lipinski definition) is 2. The van der Waals surface area contributed by atoms with Gasteiger partial charge in [-0.1, -0.05) is 35.9 Å². The third-order valence-corrected chi connectivity index (χ3v) is 3.20. The van der Waals surface area contributed by atoms with Crippen LogP contribution in [-0.2, 0) is 6.54 Å². The first kappa shape index (κ1) is 11.9. The Balaban J connectivity index is 2.14. The van der Waals surface area contributed by atoms with Crippen molar-refractivity contribution in [1.29, 1.82) is 0 Å². The summed E-state index contributed by atoms with van der Waals surface area (Å²) >= 11 is 5.87. The number of aromatic nitrogens is 2. The van der Waals surface area contributed by atoms with E-state index >= 15 is 0 Å². The molecule has 0 unspecified atom stereocenters. The van der Waals surface area contributed by atoms with Gasteiger partial charge in [0.2, 0.25) is 0 Å². The van der Waals surface area contributed by atoms with Crippen LogP contribution in [0.5, 0.6) is 0 Å². The molecule has 3 nitrogen and oxygen atoms in total. The van der Waals surface area contributed by atoms with Gasteiger partial charge in [-0.05, 0) is 29.7 Å². The maximum atomic E-state index is 12.0. The number of para-hydroxylation sites is 1. The van der Waals surface area contributed by atoms with Gasteiger partial charge in [0.25, 0.3) is 5.56 Å². The fourth-order valence-corrected chi connectivity index (χ4v) is 2.29. The highest BCUT2D eigenvalue weighted by Crippen LogP contribution is 2.13. The van der Waals surface area contributed by atoms with E-state index in [9.17, 15) is 4.79 Å². The second kappa shape index (κ2) is 4.86. The summed E-state index contributed by atoms with van der Waals surface area (Å²) in [5.74, 6) is 0. The van der Waals surface area contributed by atoms with Gasteiger partial charge in [-0.3, -0.25) is 4.79 Å². The molecular weight excluding hydrogens is 260 g/mol. The molecule has 0 aliphatic rings. The van der Waals surface area contributed by atoms with Crippen molar-refractivity contribution in [3.8, 4) is 0 Å². The molecule has 0 saturated carbocycles. The zero-order valence-corrected chi connectivity index (χ0v) is 10.8. The normalized spacial score (nSPS) is 10.8. The fourth-order valence-electron chi connectivity index (χ4n) is 2.11. The first-order valence-electron chi connectivity index (χ1n) is 5.94. The summed E-state index contributed by atoms with van der Waals surface area (Å²) in [5, 5.41) is 1.47. The van der Waals surface area contributed by atoms with Crippen molar-refractivity contribution in [3.63, 3.8) is 0 Å². The maximum Gasteiger partial charge on any atom is 0.251 e. The van der Waals surface area contributed by atoms with E-state index in [2.05, 4.69) is 4.98 Å². The molecule has 0 N–H and O–H groups in total. The number of fused-ring (bicyclic) bond motifs is 1. The smallest absolute Gasteiger partial charge is 0.251 e. The van der Waals surface area contributed by atoms with Gasteiger partial charge in [0.05, 0.1) is 17.8 Å². The SMILES string of the molecule is O=c1ccc2ccccc2n1Cc1cccc(Cl)n1. The summed E-state index contributed by atoms with van der Waals surface area (Å²) in [4.78, 5) is 16.2. The van der Waals surface area contributed by atoms with Gasteiger partial charge < -0.3 is 4.57 Å². The third kappa shape index (κ3) is 2.37. The molecule has 94 valence electrons. The molecule has 0 atom stereocenters. The molecule has 0 aliphatic heterocycles. The molecule has 0 saturated heterocycles. The Kier molecular flexibility index (Phi) is 3.05. The largest absolute Gasteiger partial charge is 0.302 e. The van der Waals surface area contributed by atoms with Crippen LogP contribution < -0.4 is 5.56 Å². The standard InChI is InChI=1S/C15H11ClN2O/c16-14-7-3-5-12(17-14)10-18-13-6-2-1-4-11(13)8-9-15(18)19/h1-9H,10H2. The van der Waals surface area contributed by atoms with Gasteiger partial charge in [0.1, 0.15) is 5.15 Å². The zero-order valence-electron chi connectivity index (χ0n) is 10.1. The molecule has 0 radical (unpaired) electrons. The molecule has 3 aromatic rings. The van der Waals surface area contributed by atoms with E-state index in [0.717, 1.165) is 16.6 Å². The highest BCUT2D eigenvalue weighted by Gasteiger charge is 2.04. The van der Waals surface area contributed by atoms with Crippen molar-refractivity contribution < 1.29 is 0 Å². The Hall–Kier alpha value is -2.13. The minimum Gasteiger partial charge on any atom is -0.302 e. The minimum absolute atomic E-state index is 0.0412. The summed E-state index contributed by atoms with van der Waals surface area (Å²) in [5.41, 5.74) is 1.63. The topological polar surface area (TPSA) is 34.9 Å². The van der Waals surface area contributed by atoms with Crippen LogP contribution in [0.2, 0.25) is 5.15 Å². The predicted octanol–water partition coefficient (Wildman–Crippen LogP) is 3.10. The Labute approximate surface area is 115 Å². The molecule has 2 aromatic heterocycles. The Morgan fingerprint density at radius 1 is 1.00 bits per heavy atom. The lowest BCUT2D eigenvalue weighted by Gasteiger charge is -2.09. The van der Waals surface area contributed by atoms with Crippen molar-refractivity contribution in [2.24, 2.45) is 0 Å². The molecule has 0 spiro atoms. The van der Waals surface area contributed by atoms with E-state index in [1.165, 1.54) is 0 Å². The zero-order chi connectivity index (χ0) is 13.2. The molecule has 0 aliphatic carbocycles. The maximum absolute atomic E-state index is 12.0. The van der Waals surface area contributed by atoms with E-state index < -0.39 is 0 Å². The van der Waals surface area contributed by atoms with E-state index in [4.69, 9.17) is 11.6 Å². The Morgan fingerprint density at radius 2 is 1.84 bits per heavy atom. The second-order valence-corrected chi connectivity index (χ2v) is 4.66. The summed E-state index contributed by atoms with van der Waals surface area (Å²) in [6, 6.07) is 16.6. The first-order valence-corrected chi connectivity index (χ1v) is 6.32. The summed E-state index contributed by atoms with van der Waals surface area (Å²) < 4.78 is 1.70. The predicted molar refractivity (Wildman–Crippen MR) is 76.6 cm³/mol. The van der Waals surface area contributed by atoms with Gasteiger partial charge >= 0.3 is 0 Å². The highest BCUT2D eigenvalue weighted by molar-refractivity contribution is 6.29. The van der Waals surface area contributed by atoms with E-state index in [1.807, 2.05) is 42.5 Å². The van der Waals surface area contributed by atoms with Gasteiger partial charge in [0.15, 0.2) is 0 Å². The number of benzene rings is 1. The third-order valence-electron chi connectivity index (χ3n) is 2.99. The quantitative estimate of drug-likeness (QED) is 0.671. The van der Waals surface area contributed by atoms with Gasteiger partial charge in [-0.25, -0.2) is 4.98 Å². The number of hydrogen-bond donors (Lipinski definition) is 0. The summed E-state index contributed by atoms with van der Waals surface area (Å²) in [7, 11) is 0. The van der Waals surface area contributed by atoms with Crippen LogP contribution in [0.3, 0.4) is 0 Å². The van der Waals surface area contributed by atoms with Crippen LogP contribution in [0.25, 0.3) is 10.9 Å². The van der Waals surface area contributed by atoms with E-state index in [-0.39, 0.29) is 5.56 Å². The average Bonchev–Trinajstić information content (AvgIpc) is 2.42. The molecule has 2 heterocycles. The van der Waals surface area contributed by atoms with Crippen LogP contribution in [-0.4, -0.2) is 9.55 Å².